The van der Waals surface area contributed by atoms with Crippen molar-refractivity contribution in [2.24, 2.45) is 5.73 Å². The monoisotopic (exact) mass is 250 g/mol. The summed E-state index contributed by atoms with van der Waals surface area (Å²) in [4.78, 5) is 12.4. The molecule has 0 aromatic heterocycles. The first-order chi connectivity index (χ1) is 7.82. The lowest BCUT2D eigenvalue weighted by molar-refractivity contribution is 0.0948. The summed E-state index contributed by atoms with van der Waals surface area (Å²) in [6.07, 6.45) is 0. The molecule has 0 aliphatic heterocycles. The molecule has 1 amide bonds. The number of amides is 1. The highest BCUT2D eigenvalue weighted by Gasteiger charge is 2.15. The molecule has 0 saturated heterocycles. The third kappa shape index (κ3) is 3.27. The number of nitrogens with two attached hydrogens (primary N) is 1. The molecule has 3 N–H and O–H groups in total. The standard InChI is InChI=1S/C13H18N2OS/c1-7-5-8(2)11(9(3)6-7)13(16)15-10(4)12(14)17/h5-6,10H,1-4H3,(H2,14,17)(H,15,16). The molecular weight excluding hydrogens is 232 g/mol. The van der Waals surface area contributed by atoms with Gasteiger partial charge in [-0.25, -0.2) is 0 Å². The van der Waals surface area contributed by atoms with Gasteiger partial charge in [-0.1, -0.05) is 29.9 Å². The van der Waals surface area contributed by atoms with Crippen LogP contribution >= 0.6 is 12.2 Å². The van der Waals surface area contributed by atoms with E-state index in [2.05, 4.69) is 5.32 Å². The smallest absolute Gasteiger partial charge is 0.252 e. The molecule has 0 bridgehead atoms. The number of carbonyl (C=O) groups is 1. The van der Waals surface area contributed by atoms with E-state index in [0.29, 0.717) is 10.6 Å². The van der Waals surface area contributed by atoms with Crippen molar-refractivity contribution in [3.05, 3.63) is 34.4 Å². The maximum atomic E-state index is 12.1. The van der Waals surface area contributed by atoms with E-state index in [9.17, 15) is 4.79 Å². The molecule has 1 atom stereocenters. The topological polar surface area (TPSA) is 55.1 Å². The van der Waals surface area contributed by atoms with E-state index < -0.39 is 0 Å². The summed E-state index contributed by atoms with van der Waals surface area (Å²) in [5.74, 6) is -0.125. The second kappa shape index (κ2) is 5.27. The van der Waals surface area contributed by atoms with Gasteiger partial charge >= 0.3 is 0 Å². The van der Waals surface area contributed by atoms with Crippen LogP contribution in [-0.2, 0) is 0 Å². The van der Waals surface area contributed by atoms with E-state index >= 15 is 0 Å². The average Bonchev–Trinajstić information content (AvgIpc) is 2.15. The summed E-state index contributed by atoms with van der Waals surface area (Å²) in [5, 5.41) is 2.79. The van der Waals surface area contributed by atoms with E-state index in [1.807, 2.05) is 32.9 Å². The number of carbonyl (C=O) groups excluding carboxylic acids is 1. The van der Waals surface area contributed by atoms with Crippen molar-refractivity contribution in [2.75, 3.05) is 0 Å². The van der Waals surface area contributed by atoms with Crippen LogP contribution in [0.1, 0.15) is 34.0 Å². The summed E-state index contributed by atoms with van der Waals surface area (Å²) in [6.45, 7) is 7.65. The Labute approximate surface area is 107 Å². The summed E-state index contributed by atoms with van der Waals surface area (Å²) in [6, 6.07) is 3.69. The van der Waals surface area contributed by atoms with Gasteiger partial charge in [0.1, 0.15) is 0 Å². The van der Waals surface area contributed by atoms with Crippen LogP contribution in [0.5, 0.6) is 0 Å². The van der Waals surface area contributed by atoms with Crippen LogP contribution in [-0.4, -0.2) is 16.9 Å². The highest BCUT2D eigenvalue weighted by molar-refractivity contribution is 7.80. The molecule has 0 saturated carbocycles. The minimum Gasteiger partial charge on any atom is -0.392 e. The SMILES string of the molecule is Cc1cc(C)c(C(=O)NC(C)C(N)=S)c(C)c1. The lowest BCUT2D eigenvalue weighted by Gasteiger charge is -2.15. The minimum atomic E-state index is -0.294. The van der Waals surface area contributed by atoms with Crippen molar-refractivity contribution in [1.82, 2.24) is 5.32 Å². The molecule has 0 aliphatic carbocycles. The number of rotatable bonds is 3. The van der Waals surface area contributed by atoms with Crippen LogP contribution in [0.25, 0.3) is 0 Å². The maximum Gasteiger partial charge on any atom is 0.252 e. The lowest BCUT2D eigenvalue weighted by atomic mass is 9.99. The van der Waals surface area contributed by atoms with E-state index in [0.717, 1.165) is 16.7 Å². The van der Waals surface area contributed by atoms with Gasteiger partial charge in [0.05, 0.1) is 11.0 Å². The maximum absolute atomic E-state index is 12.1. The third-order valence-corrected chi connectivity index (χ3v) is 3.03. The first-order valence-electron chi connectivity index (χ1n) is 5.51. The van der Waals surface area contributed by atoms with Crippen LogP contribution in [0.4, 0.5) is 0 Å². The molecule has 0 spiro atoms. The first-order valence-corrected chi connectivity index (χ1v) is 5.91. The number of benzene rings is 1. The fourth-order valence-corrected chi connectivity index (χ4v) is 1.94. The van der Waals surface area contributed by atoms with E-state index in [-0.39, 0.29) is 11.9 Å². The van der Waals surface area contributed by atoms with Crippen molar-refractivity contribution in [3.8, 4) is 0 Å². The van der Waals surface area contributed by atoms with Crippen LogP contribution < -0.4 is 11.1 Å². The minimum absolute atomic E-state index is 0.125. The lowest BCUT2D eigenvalue weighted by Crippen LogP contribution is -2.41. The molecule has 1 aromatic carbocycles. The molecule has 1 rings (SSSR count). The van der Waals surface area contributed by atoms with Gasteiger partial charge in [0.2, 0.25) is 0 Å². The summed E-state index contributed by atoms with van der Waals surface area (Å²) in [7, 11) is 0. The van der Waals surface area contributed by atoms with Crippen molar-refractivity contribution < 1.29 is 4.79 Å². The Balaban J connectivity index is 3.01. The number of hydrogen-bond donors (Lipinski definition) is 2. The molecule has 0 fully saturated rings. The predicted octanol–water partition coefficient (Wildman–Crippen LogP) is 2.02. The molecule has 3 nitrogen and oxygen atoms in total. The van der Waals surface area contributed by atoms with E-state index in [4.69, 9.17) is 18.0 Å². The van der Waals surface area contributed by atoms with E-state index in [1.165, 1.54) is 0 Å². The number of nitrogens with one attached hydrogen (secondary N) is 1. The predicted molar refractivity (Wildman–Crippen MR) is 74.4 cm³/mol. The van der Waals surface area contributed by atoms with Gasteiger partial charge in [-0.05, 0) is 38.8 Å². The molecule has 4 heteroatoms. The summed E-state index contributed by atoms with van der Waals surface area (Å²) in [5.41, 5.74) is 9.27. The second-order valence-electron chi connectivity index (χ2n) is 4.37. The van der Waals surface area contributed by atoms with Gasteiger partial charge in [-0.3, -0.25) is 4.79 Å². The Bertz CT molecular complexity index is 445. The van der Waals surface area contributed by atoms with Gasteiger partial charge in [0, 0.05) is 5.56 Å². The highest BCUT2D eigenvalue weighted by atomic mass is 32.1. The Hall–Kier alpha value is -1.42. The summed E-state index contributed by atoms with van der Waals surface area (Å²) < 4.78 is 0. The van der Waals surface area contributed by atoms with Crippen molar-refractivity contribution >= 4 is 23.1 Å². The summed E-state index contributed by atoms with van der Waals surface area (Å²) >= 11 is 4.84. The first kappa shape index (κ1) is 13.6. The zero-order valence-corrected chi connectivity index (χ0v) is 11.4. The fraction of sp³-hybridized carbons (Fsp3) is 0.385. The third-order valence-electron chi connectivity index (χ3n) is 2.68. The van der Waals surface area contributed by atoms with Crippen molar-refractivity contribution in [3.63, 3.8) is 0 Å². The van der Waals surface area contributed by atoms with Crippen molar-refractivity contribution in [1.29, 1.82) is 0 Å². The van der Waals surface area contributed by atoms with E-state index in [1.54, 1.807) is 6.92 Å². The zero-order valence-electron chi connectivity index (χ0n) is 10.6. The van der Waals surface area contributed by atoms with Crippen LogP contribution in [0.2, 0.25) is 0 Å². The Kier molecular flexibility index (Phi) is 4.23. The van der Waals surface area contributed by atoms with Gasteiger partial charge in [0.15, 0.2) is 0 Å². The Morgan fingerprint density at radius 2 is 1.76 bits per heavy atom. The van der Waals surface area contributed by atoms with Crippen LogP contribution in [0.15, 0.2) is 12.1 Å². The quantitative estimate of drug-likeness (QED) is 0.807. The highest BCUT2D eigenvalue weighted by Crippen LogP contribution is 2.16. The molecule has 17 heavy (non-hydrogen) atoms. The molecule has 1 unspecified atom stereocenters. The molecule has 0 radical (unpaired) electrons. The molecular formula is C13H18N2OS. The average molecular weight is 250 g/mol. The molecule has 1 aromatic rings. The largest absolute Gasteiger partial charge is 0.392 e. The molecule has 0 heterocycles. The number of thiocarbonyl (C=S) groups is 1. The van der Waals surface area contributed by atoms with Crippen LogP contribution in [0.3, 0.4) is 0 Å². The second-order valence-corrected chi connectivity index (χ2v) is 4.84. The van der Waals surface area contributed by atoms with Gasteiger partial charge in [0.25, 0.3) is 5.91 Å². The normalized spacial score (nSPS) is 12.0. The van der Waals surface area contributed by atoms with Gasteiger partial charge in [-0.2, -0.15) is 0 Å². The Morgan fingerprint density at radius 3 is 2.18 bits per heavy atom. The molecule has 0 aliphatic rings. The van der Waals surface area contributed by atoms with Gasteiger partial charge < -0.3 is 11.1 Å². The zero-order chi connectivity index (χ0) is 13.2. The fourth-order valence-electron chi connectivity index (χ4n) is 1.88. The van der Waals surface area contributed by atoms with Crippen molar-refractivity contribution in [2.45, 2.75) is 33.7 Å². The van der Waals surface area contributed by atoms with Crippen LogP contribution in [0, 0.1) is 20.8 Å². The Morgan fingerprint density at radius 1 is 1.29 bits per heavy atom. The van der Waals surface area contributed by atoms with Gasteiger partial charge in [-0.15, -0.1) is 0 Å². The number of aryl methyl sites for hydroxylation is 3. The number of hydrogen-bond acceptors (Lipinski definition) is 2. The molecule has 92 valence electrons.